The minimum Gasteiger partial charge on any atom is -0.387 e. The standard InChI is InChI=1S/C8H19N3O2S/c1-4-5-14(12,13)11-6-8(2,3)7(9)10/h11H,4-6H2,1-3H3,(H3,9,10). The third kappa shape index (κ3) is 4.57. The molecule has 0 spiro atoms. The third-order valence-electron chi connectivity index (χ3n) is 1.94. The Labute approximate surface area is 85.6 Å². The number of amidine groups is 1. The number of rotatable bonds is 6. The molecule has 0 rings (SSSR count). The molecule has 84 valence electrons. The molecule has 4 N–H and O–H groups in total. The van der Waals surface area contributed by atoms with Gasteiger partial charge < -0.3 is 5.73 Å². The summed E-state index contributed by atoms with van der Waals surface area (Å²) in [5.41, 5.74) is 4.70. The van der Waals surface area contributed by atoms with Gasteiger partial charge in [-0.1, -0.05) is 20.8 Å². The normalized spacial score (nSPS) is 12.8. The molecule has 5 nitrogen and oxygen atoms in total. The van der Waals surface area contributed by atoms with Crippen molar-refractivity contribution in [3.05, 3.63) is 0 Å². The molecule has 0 aromatic heterocycles. The average molecular weight is 221 g/mol. The summed E-state index contributed by atoms with van der Waals surface area (Å²) < 4.78 is 25.0. The maximum atomic E-state index is 11.3. The van der Waals surface area contributed by atoms with E-state index in [0.717, 1.165) is 0 Å². The Kier molecular flexibility index (Phi) is 4.54. The van der Waals surface area contributed by atoms with Gasteiger partial charge in [0.05, 0.1) is 11.6 Å². The molecule has 0 saturated heterocycles. The fourth-order valence-corrected chi connectivity index (χ4v) is 1.99. The molecule has 0 fully saturated rings. The Morgan fingerprint density at radius 1 is 1.50 bits per heavy atom. The van der Waals surface area contributed by atoms with Gasteiger partial charge in [0.25, 0.3) is 0 Å². The topological polar surface area (TPSA) is 96.0 Å². The number of hydrogen-bond donors (Lipinski definition) is 3. The van der Waals surface area contributed by atoms with Crippen LogP contribution in [-0.4, -0.2) is 26.6 Å². The third-order valence-corrected chi connectivity index (χ3v) is 3.47. The first-order valence-electron chi connectivity index (χ1n) is 4.53. The zero-order chi connectivity index (χ0) is 11.4. The van der Waals surface area contributed by atoms with Gasteiger partial charge in [0, 0.05) is 12.0 Å². The monoisotopic (exact) mass is 221 g/mol. The van der Waals surface area contributed by atoms with Crippen LogP contribution in [-0.2, 0) is 10.0 Å². The summed E-state index contributed by atoms with van der Waals surface area (Å²) in [6.45, 7) is 5.42. The van der Waals surface area contributed by atoms with Gasteiger partial charge in [-0.15, -0.1) is 0 Å². The van der Waals surface area contributed by atoms with Crippen LogP contribution in [0.3, 0.4) is 0 Å². The van der Waals surface area contributed by atoms with Crippen molar-refractivity contribution in [2.75, 3.05) is 12.3 Å². The molecular weight excluding hydrogens is 202 g/mol. The van der Waals surface area contributed by atoms with Crippen LogP contribution in [0.1, 0.15) is 27.2 Å². The van der Waals surface area contributed by atoms with Gasteiger partial charge in [-0.3, -0.25) is 5.41 Å². The van der Waals surface area contributed by atoms with E-state index in [0.29, 0.717) is 6.42 Å². The van der Waals surface area contributed by atoms with E-state index in [9.17, 15) is 8.42 Å². The van der Waals surface area contributed by atoms with E-state index in [1.54, 1.807) is 20.8 Å². The van der Waals surface area contributed by atoms with Crippen molar-refractivity contribution in [2.45, 2.75) is 27.2 Å². The van der Waals surface area contributed by atoms with E-state index in [1.807, 2.05) is 0 Å². The summed E-state index contributed by atoms with van der Waals surface area (Å²) in [6.07, 6.45) is 0.579. The molecule has 0 atom stereocenters. The second-order valence-corrected chi connectivity index (χ2v) is 5.86. The second-order valence-electron chi connectivity index (χ2n) is 3.94. The Balaban J connectivity index is 4.26. The lowest BCUT2D eigenvalue weighted by Gasteiger charge is -2.22. The van der Waals surface area contributed by atoms with E-state index >= 15 is 0 Å². The van der Waals surface area contributed by atoms with Crippen molar-refractivity contribution >= 4 is 15.9 Å². The lowest BCUT2D eigenvalue weighted by molar-refractivity contribution is 0.493. The van der Waals surface area contributed by atoms with Gasteiger partial charge in [0.2, 0.25) is 10.0 Å². The highest BCUT2D eigenvalue weighted by atomic mass is 32.2. The molecule has 0 heterocycles. The molecule has 0 aromatic carbocycles. The zero-order valence-corrected chi connectivity index (χ0v) is 9.74. The minimum atomic E-state index is -3.20. The first-order chi connectivity index (χ1) is 6.21. The fourth-order valence-electron chi connectivity index (χ4n) is 0.727. The zero-order valence-electron chi connectivity index (χ0n) is 8.92. The number of sulfonamides is 1. The molecule has 0 aliphatic rings. The van der Waals surface area contributed by atoms with E-state index in [4.69, 9.17) is 11.1 Å². The molecule has 6 heteroatoms. The molecule has 0 radical (unpaired) electrons. The second kappa shape index (κ2) is 4.75. The van der Waals surface area contributed by atoms with Crippen LogP contribution in [0.2, 0.25) is 0 Å². The Morgan fingerprint density at radius 2 is 2.00 bits per heavy atom. The lowest BCUT2D eigenvalue weighted by Crippen LogP contribution is -2.42. The Morgan fingerprint density at radius 3 is 2.36 bits per heavy atom. The van der Waals surface area contributed by atoms with Crippen molar-refractivity contribution in [1.29, 1.82) is 5.41 Å². The number of nitrogens with two attached hydrogens (primary N) is 1. The quantitative estimate of drug-likeness (QED) is 0.444. The van der Waals surface area contributed by atoms with Gasteiger partial charge in [-0.05, 0) is 6.42 Å². The molecular formula is C8H19N3O2S. The molecule has 0 unspecified atom stereocenters. The summed E-state index contributed by atoms with van der Waals surface area (Å²) in [4.78, 5) is 0. The van der Waals surface area contributed by atoms with Gasteiger partial charge in [-0.2, -0.15) is 0 Å². The van der Waals surface area contributed by atoms with Crippen molar-refractivity contribution in [1.82, 2.24) is 4.72 Å². The van der Waals surface area contributed by atoms with Crippen molar-refractivity contribution in [2.24, 2.45) is 11.1 Å². The molecule has 0 amide bonds. The molecule has 0 bridgehead atoms. The van der Waals surface area contributed by atoms with Crippen LogP contribution < -0.4 is 10.5 Å². The largest absolute Gasteiger partial charge is 0.387 e. The van der Waals surface area contributed by atoms with Crippen LogP contribution in [0.15, 0.2) is 0 Å². The Hall–Kier alpha value is -0.620. The van der Waals surface area contributed by atoms with E-state index < -0.39 is 15.4 Å². The van der Waals surface area contributed by atoms with E-state index in [1.165, 1.54) is 0 Å². The van der Waals surface area contributed by atoms with Gasteiger partial charge >= 0.3 is 0 Å². The molecule has 14 heavy (non-hydrogen) atoms. The van der Waals surface area contributed by atoms with Gasteiger partial charge in [0.15, 0.2) is 0 Å². The van der Waals surface area contributed by atoms with Crippen LogP contribution in [0, 0.1) is 10.8 Å². The van der Waals surface area contributed by atoms with Crippen LogP contribution >= 0.6 is 0 Å². The molecule has 0 aliphatic carbocycles. The van der Waals surface area contributed by atoms with Crippen LogP contribution in [0.4, 0.5) is 0 Å². The highest BCUT2D eigenvalue weighted by Gasteiger charge is 2.23. The minimum absolute atomic E-state index is 0.0169. The summed E-state index contributed by atoms with van der Waals surface area (Å²) in [5.74, 6) is 0.0951. The highest BCUT2D eigenvalue weighted by molar-refractivity contribution is 7.89. The Bertz CT molecular complexity index is 296. The first-order valence-corrected chi connectivity index (χ1v) is 6.18. The lowest BCUT2D eigenvalue weighted by atomic mass is 9.93. The molecule has 0 saturated carbocycles. The van der Waals surface area contributed by atoms with Crippen LogP contribution in [0.5, 0.6) is 0 Å². The summed E-state index contributed by atoms with van der Waals surface area (Å²) in [6, 6.07) is 0. The summed E-state index contributed by atoms with van der Waals surface area (Å²) in [7, 11) is -3.20. The highest BCUT2D eigenvalue weighted by Crippen LogP contribution is 2.12. The average Bonchev–Trinajstić information content (AvgIpc) is 2.01. The maximum Gasteiger partial charge on any atom is 0.211 e. The maximum absolute atomic E-state index is 11.3. The predicted octanol–water partition coefficient (Wildman–Crippen LogP) is 0.278. The van der Waals surface area contributed by atoms with E-state index in [-0.39, 0.29) is 18.1 Å². The predicted molar refractivity (Wildman–Crippen MR) is 57.8 cm³/mol. The fraction of sp³-hybridized carbons (Fsp3) is 0.875. The smallest absolute Gasteiger partial charge is 0.211 e. The van der Waals surface area contributed by atoms with Crippen molar-refractivity contribution < 1.29 is 8.42 Å². The molecule has 0 aromatic rings. The SMILES string of the molecule is CCCS(=O)(=O)NCC(C)(C)C(=N)N. The summed E-state index contributed by atoms with van der Waals surface area (Å²) >= 11 is 0. The first kappa shape index (κ1) is 13.4. The van der Waals surface area contributed by atoms with Crippen LogP contribution in [0.25, 0.3) is 0 Å². The van der Waals surface area contributed by atoms with Crippen molar-refractivity contribution in [3.63, 3.8) is 0 Å². The number of hydrogen-bond acceptors (Lipinski definition) is 3. The molecule has 0 aliphatic heterocycles. The van der Waals surface area contributed by atoms with Crippen molar-refractivity contribution in [3.8, 4) is 0 Å². The van der Waals surface area contributed by atoms with E-state index in [2.05, 4.69) is 4.72 Å². The van der Waals surface area contributed by atoms with Gasteiger partial charge in [-0.25, -0.2) is 13.1 Å². The van der Waals surface area contributed by atoms with Gasteiger partial charge in [0.1, 0.15) is 0 Å². The summed E-state index contributed by atoms with van der Waals surface area (Å²) in [5, 5.41) is 7.25. The number of nitrogens with one attached hydrogen (secondary N) is 2.